The number of anilines is 1. The summed E-state index contributed by atoms with van der Waals surface area (Å²) < 4.78 is 28.2. The van der Waals surface area contributed by atoms with E-state index in [0.717, 1.165) is 46.9 Å². The third-order valence-electron chi connectivity index (χ3n) is 9.75. The van der Waals surface area contributed by atoms with Gasteiger partial charge in [0.05, 0.1) is 11.9 Å². The van der Waals surface area contributed by atoms with Gasteiger partial charge in [0.15, 0.2) is 0 Å². The van der Waals surface area contributed by atoms with Crippen molar-refractivity contribution in [3.63, 3.8) is 0 Å². The first-order valence-corrected chi connectivity index (χ1v) is 18.0. The van der Waals surface area contributed by atoms with Gasteiger partial charge in [-0.25, -0.2) is 8.42 Å². The zero-order chi connectivity index (χ0) is 30.1. The number of nitrogens with one attached hydrogen (secondary N) is 1. The molecule has 0 saturated heterocycles. The topological polar surface area (TPSA) is 86.8 Å². The minimum absolute atomic E-state index is 0.192. The van der Waals surface area contributed by atoms with E-state index in [9.17, 15) is 18.0 Å². The minimum atomic E-state index is -3.77. The first-order chi connectivity index (χ1) is 20.0. The van der Waals surface area contributed by atoms with Gasteiger partial charge in [0, 0.05) is 17.6 Å². The van der Waals surface area contributed by atoms with Crippen LogP contribution in [-0.4, -0.2) is 50.5 Å². The standard InChI is InChI=1S/C33H44BrN3O4S/c1-4-5-14-35-32(39)23(2)36(21-24-6-10-29(34)11-7-24)31(38)22-37(42(3,40)41)30-12-8-28(9-13-30)33-18-25-15-26(19-33)17-27(16-25)20-33/h6-13,23,25-27H,4-5,14-22H2,1-3H3,(H,35,39)/t23-,25?,26?,27?,33?/m1/s1. The van der Waals surface area contributed by atoms with Crippen LogP contribution in [0, 0.1) is 17.8 Å². The smallest absolute Gasteiger partial charge is 0.244 e. The third kappa shape index (κ3) is 6.88. The molecule has 9 heteroatoms. The summed E-state index contributed by atoms with van der Waals surface area (Å²) in [6.45, 7) is 4.10. The Bertz CT molecular complexity index is 1340. The molecule has 0 radical (unpaired) electrons. The van der Waals surface area contributed by atoms with E-state index >= 15 is 0 Å². The fraction of sp³-hybridized carbons (Fsp3) is 0.576. The molecule has 0 aromatic heterocycles. The van der Waals surface area contributed by atoms with E-state index in [1.165, 1.54) is 53.3 Å². The Hall–Kier alpha value is -2.39. The summed E-state index contributed by atoms with van der Waals surface area (Å²) >= 11 is 3.44. The van der Waals surface area contributed by atoms with E-state index in [2.05, 4.69) is 33.4 Å². The van der Waals surface area contributed by atoms with Gasteiger partial charge in [-0.05, 0) is 110 Å². The lowest BCUT2D eigenvalue weighted by molar-refractivity contribution is -0.139. The van der Waals surface area contributed by atoms with Gasteiger partial charge in [0.1, 0.15) is 12.6 Å². The normalized spacial score (nSPS) is 25.2. The van der Waals surface area contributed by atoms with Crippen LogP contribution in [0.1, 0.15) is 76.3 Å². The Morgan fingerprint density at radius 1 is 0.976 bits per heavy atom. The Kier molecular flexibility index (Phi) is 9.38. The maximum Gasteiger partial charge on any atom is 0.244 e. The highest BCUT2D eigenvalue weighted by Crippen LogP contribution is 2.60. The second-order valence-electron chi connectivity index (χ2n) is 13.0. The Balaban J connectivity index is 1.36. The van der Waals surface area contributed by atoms with Crippen LogP contribution < -0.4 is 9.62 Å². The Morgan fingerprint density at radius 3 is 2.07 bits per heavy atom. The molecule has 0 aliphatic heterocycles. The van der Waals surface area contributed by atoms with Crippen molar-refractivity contribution >= 4 is 43.5 Å². The number of amides is 2. The molecule has 228 valence electrons. The molecule has 4 fully saturated rings. The largest absolute Gasteiger partial charge is 0.354 e. The number of rotatable bonds is 12. The predicted octanol–water partition coefficient (Wildman–Crippen LogP) is 6.02. The van der Waals surface area contributed by atoms with Crippen LogP contribution in [-0.2, 0) is 31.6 Å². The number of carbonyl (C=O) groups is 2. The molecule has 4 aliphatic carbocycles. The van der Waals surface area contributed by atoms with E-state index in [0.29, 0.717) is 12.2 Å². The van der Waals surface area contributed by atoms with Crippen LogP contribution in [0.4, 0.5) is 5.69 Å². The average molecular weight is 659 g/mol. The fourth-order valence-electron chi connectivity index (χ4n) is 7.96. The van der Waals surface area contributed by atoms with Crippen molar-refractivity contribution in [3.05, 3.63) is 64.1 Å². The molecular weight excluding hydrogens is 614 g/mol. The molecule has 6 rings (SSSR count). The summed E-state index contributed by atoms with van der Waals surface area (Å²) in [5, 5.41) is 2.92. The van der Waals surface area contributed by atoms with Gasteiger partial charge in [0.25, 0.3) is 0 Å². The van der Waals surface area contributed by atoms with Crippen molar-refractivity contribution in [1.29, 1.82) is 0 Å². The monoisotopic (exact) mass is 657 g/mol. The van der Waals surface area contributed by atoms with E-state index in [-0.39, 0.29) is 24.4 Å². The zero-order valence-corrected chi connectivity index (χ0v) is 27.4. The van der Waals surface area contributed by atoms with Crippen LogP contribution in [0.25, 0.3) is 0 Å². The maximum absolute atomic E-state index is 13.8. The van der Waals surface area contributed by atoms with Gasteiger partial charge in [-0.1, -0.05) is 53.5 Å². The van der Waals surface area contributed by atoms with E-state index < -0.39 is 22.0 Å². The lowest BCUT2D eigenvalue weighted by Gasteiger charge is -2.57. The molecule has 0 spiro atoms. The van der Waals surface area contributed by atoms with Crippen molar-refractivity contribution in [3.8, 4) is 0 Å². The lowest BCUT2D eigenvalue weighted by Crippen LogP contribution is -2.51. The molecule has 0 heterocycles. The molecule has 1 atom stereocenters. The van der Waals surface area contributed by atoms with Crippen LogP contribution in [0.3, 0.4) is 0 Å². The van der Waals surface area contributed by atoms with Crippen molar-refractivity contribution in [2.45, 2.75) is 83.2 Å². The molecule has 2 aromatic carbocycles. The number of hydrogen-bond donors (Lipinski definition) is 1. The lowest BCUT2D eigenvalue weighted by atomic mass is 9.48. The minimum Gasteiger partial charge on any atom is -0.354 e. The van der Waals surface area contributed by atoms with Crippen molar-refractivity contribution in [2.75, 3.05) is 23.7 Å². The van der Waals surface area contributed by atoms with Crippen molar-refractivity contribution in [1.82, 2.24) is 10.2 Å². The van der Waals surface area contributed by atoms with Crippen molar-refractivity contribution < 1.29 is 18.0 Å². The van der Waals surface area contributed by atoms with Crippen LogP contribution in [0.5, 0.6) is 0 Å². The van der Waals surface area contributed by atoms with Gasteiger partial charge in [0.2, 0.25) is 21.8 Å². The van der Waals surface area contributed by atoms with Crippen LogP contribution in [0.2, 0.25) is 0 Å². The third-order valence-corrected chi connectivity index (χ3v) is 11.4. The first kappa shape index (κ1) is 31.0. The van der Waals surface area contributed by atoms with Gasteiger partial charge in [-0.15, -0.1) is 0 Å². The van der Waals surface area contributed by atoms with E-state index in [4.69, 9.17) is 0 Å². The predicted molar refractivity (Wildman–Crippen MR) is 171 cm³/mol. The summed E-state index contributed by atoms with van der Waals surface area (Å²) in [5.41, 5.74) is 2.84. The van der Waals surface area contributed by atoms with Gasteiger partial charge in [-0.2, -0.15) is 0 Å². The molecular formula is C33H44BrN3O4S. The van der Waals surface area contributed by atoms with Gasteiger partial charge < -0.3 is 10.2 Å². The molecule has 4 aliphatic rings. The number of halogens is 1. The number of hydrogen-bond acceptors (Lipinski definition) is 4. The number of benzene rings is 2. The Morgan fingerprint density at radius 2 is 1.55 bits per heavy atom. The molecule has 7 nitrogen and oxygen atoms in total. The SMILES string of the molecule is CCCCNC(=O)[C@@H](C)N(Cc1ccc(Br)cc1)C(=O)CN(c1ccc(C23CC4CC(CC(C4)C2)C3)cc1)S(C)(=O)=O. The molecule has 1 N–H and O–H groups in total. The van der Waals surface area contributed by atoms with Crippen LogP contribution in [0.15, 0.2) is 53.0 Å². The van der Waals surface area contributed by atoms with Gasteiger partial charge in [-0.3, -0.25) is 13.9 Å². The first-order valence-electron chi connectivity index (χ1n) is 15.4. The number of unbranched alkanes of at least 4 members (excludes halogenated alkanes) is 1. The quantitative estimate of drug-likeness (QED) is 0.283. The summed E-state index contributed by atoms with van der Waals surface area (Å²) in [6, 6.07) is 14.7. The molecule has 2 amide bonds. The second kappa shape index (κ2) is 12.7. The number of carbonyl (C=O) groups excluding carboxylic acids is 2. The highest BCUT2D eigenvalue weighted by molar-refractivity contribution is 9.10. The number of nitrogens with zero attached hydrogens (tertiary/aromatic N) is 2. The van der Waals surface area contributed by atoms with Gasteiger partial charge >= 0.3 is 0 Å². The van der Waals surface area contributed by atoms with E-state index in [1.807, 2.05) is 43.3 Å². The zero-order valence-electron chi connectivity index (χ0n) is 25.0. The second-order valence-corrected chi connectivity index (χ2v) is 15.8. The summed E-state index contributed by atoms with van der Waals surface area (Å²) in [7, 11) is -3.77. The highest BCUT2D eigenvalue weighted by Gasteiger charge is 2.51. The summed E-state index contributed by atoms with van der Waals surface area (Å²) in [4.78, 5) is 28.3. The average Bonchev–Trinajstić information content (AvgIpc) is 2.94. The fourth-order valence-corrected chi connectivity index (χ4v) is 9.08. The molecule has 4 saturated carbocycles. The highest BCUT2D eigenvalue weighted by atomic mass is 79.9. The molecule has 0 unspecified atom stereocenters. The number of sulfonamides is 1. The Labute approximate surface area is 259 Å². The molecule has 2 aromatic rings. The summed E-state index contributed by atoms with van der Waals surface area (Å²) in [6.07, 6.45) is 10.7. The molecule has 42 heavy (non-hydrogen) atoms. The maximum atomic E-state index is 13.8. The van der Waals surface area contributed by atoms with Crippen LogP contribution >= 0.6 is 15.9 Å². The summed E-state index contributed by atoms with van der Waals surface area (Å²) in [5.74, 6) is 1.78. The van der Waals surface area contributed by atoms with E-state index in [1.54, 1.807) is 6.92 Å². The van der Waals surface area contributed by atoms with Crippen molar-refractivity contribution in [2.24, 2.45) is 17.8 Å². The molecule has 4 bridgehead atoms.